The second-order valence-electron chi connectivity index (χ2n) is 1.57. The molecule has 10 heavy (non-hydrogen) atoms. The van der Waals surface area contributed by atoms with E-state index in [2.05, 4.69) is 10.3 Å². The van der Waals surface area contributed by atoms with Crippen LogP contribution in [0.25, 0.3) is 0 Å². The maximum absolute atomic E-state index is 8.18. The van der Waals surface area contributed by atoms with Gasteiger partial charge in [-0.05, 0) is 12.1 Å². The molecule has 0 fully saturated rings. The lowest BCUT2D eigenvalue weighted by Gasteiger charge is -1.95. The molecule has 4 heteroatoms. The lowest BCUT2D eigenvalue weighted by molar-refractivity contribution is 1.30. The molecule has 0 amide bonds. The van der Waals surface area contributed by atoms with E-state index in [-0.39, 0.29) is 0 Å². The van der Waals surface area contributed by atoms with Crippen LogP contribution in [0.15, 0.2) is 18.3 Å². The quantitative estimate of drug-likeness (QED) is 0.493. The standard InChI is InChI=1S/C6H4ClN3/c7-5-2-1-3-9-6(5)10-4-8/h1-3H,(H,9,10). The predicted molar refractivity (Wildman–Crippen MR) is 38.5 cm³/mol. The predicted octanol–water partition coefficient (Wildman–Crippen LogP) is 1.63. The van der Waals surface area contributed by atoms with Crippen LogP contribution in [0.1, 0.15) is 0 Å². The number of halogens is 1. The van der Waals surface area contributed by atoms with E-state index in [0.29, 0.717) is 10.8 Å². The molecule has 50 valence electrons. The molecule has 1 aromatic heterocycles. The number of nitrogens with zero attached hydrogens (tertiary/aromatic N) is 2. The van der Waals surface area contributed by atoms with E-state index in [0.717, 1.165) is 0 Å². The fraction of sp³-hybridized carbons (Fsp3) is 0. The molecule has 1 N–H and O–H groups in total. The van der Waals surface area contributed by atoms with Crippen molar-refractivity contribution in [3.05, 3.63) is 23.4 Å². The molecule has 0 aliphatic rings. The van der Waals surface area contributed by atoms with Gasteiger partial charge in [0.1, 0.15) is 0 Å². The number of anilines is 1. The van der Waals surface area contributed by atoms with E-state index >= 15 is 0 Å². The van der Waals surface area contributed by atoms with Gasteiger partial charge >= 0.3 is 0 Å². The van der Waals surface area contributed by atoms with E-state index in [1.165, 1.54) is 0 Å². The third-order valence-electron chi connectivity index (χ3n) is 0.933. The maximum Gasteiger partial charge on any atom is 0.182 e. The molecule has 0 aliphatic carbocycles. The van der Waals surface area contributed by atoms with E-state index in [4.69, 9.17) is 16.9 Å². The average Bonchev–Trinajstić information content (AvgIpc) is 1.94. The Morgan fingerprint density at radius 2 is 2.50 bits per heavy atom. The van der Waals surface area contributed by atoms with Gasteiger partial charge in [-0.25, -0.2) is 4.98 Å². The summed E-state index contributed by atoms with van der Waals surface area (Å²) in [6.07, 6.45) is 3.29. The number of hydrogen-bond donors (Lipinski definition) is 1. The van der Waals surface area contributed by atoms with Gasteiger partial charge in [-0.2, -0.15) is 5.26 Å². The Bertz CT molecular complexity index is 266. The topological polar surface area (TPSA) is 48.7 Å². The Hall–Kier alpha value is -1.27. The summed E-state index contributed by atoms with van der Waals surface area (Å²) in [6, 6.07) is 3.36. The van der Waals surface area contributed by atoms with Crippen LogP contribution in [0, 0.1) is 11.5 Å². The lowest BCUT2D eigenvalue weighted by Crippen LogP contribution is -1.90. The van der Waals surface area contributed by atoms with E-state index in [9.17, 15) is 0 Å². The maximum atomic E-state index is 8.18. The highest BCUT2D eigenvalue weighted by Crippen LogP contribution is 2.16. The SMILES string of the molecule is N#CNc1ncccc1Cl. The van der Waals surface area contributed by atoms with Gasteiger partial charge in [0, 0.05) is 6.20 Å². The lowest BCUT2D eigenvalue weighted by atomic mass is 10.5. The third kappa shape index (κ3) is 1.36. The van der Waals surface area contributed by atoms with Crippen molar-refractivity contribution >= 4 is 17.4 Å². The van der Waals surface area contributed by atoms with Gasteiger partial charge in [-0.1, -0.05) is 11.6 Å². The molecule has 0 saturated carbocycles. The van der Waals surface area contributed by atoms with Gasteiger partial charge < -0.3 is 0 Å². The van der Waals surface area contributed by atoms with Crippen LogP contribution in [0.3, 0.4) is 0 Å². The molecular weight excluding hydrogens is 150 g/mol. The largest absolute Gasteiger partial charge is 0.276 e. The first kappa shape index (κ1) is 6.84. The van der Waals surface area contributed by atoms with Crippen LogP contribution >= 0.6 is 11.6 Å². The number of hydrogen-bond acceptors (Lipinski definition) is 3. The van der Waals surface area contributed by atoms with Crippen molar-refractivity contribution < 1.29 is 0 Å². The van der Waals surface area contributed by atoms with Gasteiger partial charge in [-0.3, -0.25) is 5.32 Å². The molecule has 0 unspecified atom stereocenters. The molecule has 0 saturated heterocycles. The fourth-order valence-corrected chi connectivity index (χ4v) is 0.699. The van der Waals surface area contributed by atoms with E-state index in [1.807, 2.05) is 0 Å². The van der Waals surface area contributed by atoms with Gasteiger partial charge in [-0.15, -0.1) is 0 Å². The van der Waals surface area contributed by atoms with Gasteiger partial charge in [0.15, 0.2) is 12.0 Å². The number of nitrogens with one attached hydrogen (secondary N) is 1. The molecule has 0 radical (unpaired) electrons. The highest BCUT2D eigenvalue weighted by atomic mass is 35.5. The van der Waals surface area contributed by atoms with Crippen molar-refractivity contribution in [3.8, 4) is 6.19 Å². The van der Waals surface area contributed by atoms with Crippen molar-refractivity contribution in [3.63, 3.8) is 0 Å². The molecule has 3 nitrogen and oxygen atoms in total. The summed E-state index contributed by atoms with van der Waals surface area (Å²) in [5.41, 5.74) is 0. The Morgan fingerprint density at radius 1 is 1.70 bits per heavy atom. The van der Waals surface area contributed by atoms with Crippen LogP contribution in [0.2, 0.25) is 5.02 Å². The normalized spacial score (nSPS) is 8.40. The zero-order valence-electron chi connectivity index (χ0n) is 5.00. The number of pyridine rings is 1. The molecule has 1 aromatic rings. The van der Waals surface area contributed by atoms with Crippen molar-refractivity contribution in [1.82, 2.24) is 4.98 Å². The number of aromatic nitrogens is 1. The van der Waals surface area contributed by atoms with E-state index in [1.54, 1.807) is 24.5 Å². The molecule has 0 aliphatic heterocycles. The van der Waals surface area contributed by atoms with Crippen LogP contribution in [-0.2, 0) is 0 Å². The Labute approximate surface area is 63.3 Å². The molecule has 1 heterocycles. The second kappa shape index (κ2) is 3.04. The van der Waals surface area contributed by atoms with Crippen molar-refractivity contribution in [2.45, 2.75) is 0 Å². The minimum atomic E-state index is 0.395. The summed E-state index contributed by atoms with van der Waals surface area (Å²) in [5, 5.41) is 11.0. The average molecular weight is 154 g/mol. The third-order valence-corrected chi connectivity index (χ3v) is 1.24. The fourth-order valence-electron chi connectivity index (χ4n) is 0.531. The Kier molecular flexibility index (Phi) is 2.08. The van der Waals surface area contributed by atoms with Crippen LogP contribution < -0.4 is 5.32 Å². The first-order valence-electron chi connectivity index (χ1n) is 2.60. The summed E-state index contributed by atoms with van der Waals surface area (Å²) in [5.74, 6) is 0.395. The van der Waals surface area contributed by atoms with E-state index < -0.39 is 0 Å². The zero-order valence-corrected chi connectivity index (χ0v) is 5.76. The van der Waals surface area contributed by atoms with Crippen molar-refractivity contribution in [1.29, 1.82) is 5.26 Å². The highest BCUT2D eigenvalue weighted by molar-refractivity contribution is 6.32. The molecule has 1 rings (SSSR count). The van der Waals surface area contributed by atoms with Crippen molar-refractivity contribution in [2.24, 2.45) is 0 Å². The molecule has 0 atom stereocenters. The summed E-state index contributed by atoms with van der Waals surface area (Å²) in [6.45, 7) is 0. The van der Waals surface area contributed by atoms with Gasteiger partial charge in [0.25, 0.3) is 0 Å². The van der Waals surface area contributed by atoms with Gasteiger partial charge in [0.05, 0.1) is 5.02 Å². The number of rotatable bonds is 1. The molecule has 0 aromatic carbocycles. The van der Waals surface area contributed by atoms with Crippen LogP contribution in [-0.4, -0.2) is 4.98 Å². The summed E-state index contributed by atoms with van der Waals surface area (Å²) in [7, 11) is 0. The smallest absolute Gasteiger partial charge is 0.182 e. The first-order chi connectivity index (χ1) is 4.84. The van der Waals surface area contributed by atoms with Crippen molar-refractivity contribution in [2.75, 3.05) is 5.32 Å². The number of nitriles is 1. The minimum absolute atomic E-state index is 0.395. The summed E-state index contributed by atoms with van der Waals surface area (Å²) < 4.78 is 0. The van der Waals surface area contributed by atoms with Crippen LogP contribution in [0.4, 0.5) is 5.82 Å². The van der Waals surface area contributed by atoms with Crippen LogP contribution in [0.5, 0.6) is 0 Å². The summed E-state index contributed by atoms with van der Waals surface area (Å²) in [4.78, 5) is 3.80. The monoisotopic (exact) mass is 153 g/mol. The Balaban J connectivity index is 2.94. The molecular formula is C6H4ClN3. The molecule has 0 bridgehead atoms. The minimum Gasteiger partial charge on any atom is -0.276 e. The first-order valence-corrected chi connectivity index (χ1v) is 2.98. The summed E-state index contributed by atoms with van der Waals surface area (Å²) >= 11 is 5.63. The zero-order chi connectivity index (χ0) is 7.40. The van der Waals surface area contributed by atoms with Gasteiger partial charge in [0.2, 0.25) is 0 Å². The Morgan fingerprint density at radius 3 is 3.10 bits per heavy atom. The second-order valence-corrected chi connectivity index (χ2v) is 1.98. The molecule has 0 spiro atoms. The highest BCUT2D eigenvalue weighted by Gasteiger charge is 1.95.